The maximum atomic E-state index is 12.0. The molecule has 0 radical (unpaired) electrons. The molecular formula is C16H17BrN2O. The summed E-state index contributed by atoms with van der Waals surface area (Å²) in [6, 6.07) is 13.7. The smallest absolute Gasteiger partial charge is 0.243 e. The van der Waals surface area contributed by atoms with Crippen LogP contribution in [0.3, 0.4) is 0 Å². The predicted molar refractivity (Wildman–Crippen MR) is 87.2 cm³/mol. The van der Waals surface area contributed by atoms with Gasteiger partial charge in [0.1, 0.15) is 0 Å². The summed E-state index contributed by atoms with van der Waals surface area (Å²) in [7, 11) is 0. The summed E-state index contributed by atoms with van der Waals surface area (Å²) in [5, 5.41) is 6.06. The topological polar surface area (TPSA) is 41.1 Å². The van der Waals surface area contributed by atoms with E-state index in [0.717, 1.165) is 27.0 Å². The fourth-order valence-electron chi connectivity index (χ4n) is 1.98. The summed E-state index contributed by atoms with van der Waals surface area (Å²) < 4.78 is 0.944. The van der Waals surface area contributed by atoms with Crippen molar-refractivity contribution in [3.8, 4) is 0 Å². The van der Waals surface area contributed by atoms with E-state index in [-0.39, 0.29) is 12.5 Å². The fourth-order valence-corrected chi connectivity index (χ4v) is 2.40. The van der Waals surface area contributed by atoms with Gasteiger partial charge in [-0.15, -0.1) is 0 Å². The highest BCUT2D eigenvalue weighted by atomic mass is 79.9. The molecule has 2 aromatic rings. The molecule has 0 aliphatic rings. The lowest BCUT2D eigenvalue weighted by molar-refractivity contribution is -0.114. The Morgan fingerprint density at radius 2 is 1.70 bits per heavy atom. The van der Waals surface area contributed by atoms with Crippen molar-refractivity contribution in [1.82, 2.24) is 0 Å². The van der Waals surface area contributed by atoms with E-state index in [4.69, 9.17) is 0 Å². The van der Waals surface area contributed by atoms with Gasteiger partial charge in [-0.25, -0.2) is 0 Å². The van der Waals surface area contributed by atoms with Gasteiger partial charge in [-0.2, -0.15) is 0 Å². The lowest BCUT2D eigenvalue weighted by Gasteiger charge is -2.12. The van der Waals surface area contributed by atoms with Gasteiger partial charge in [0.2, 0.25) is 5.91 Å². The Balaban J connectivity index is 1.98. The number of carbonyl (C=O) groups is 1. The van der Waals surface area contributed by atoms with E-state index in [9.17, 15) is 4.79 Å². The highest BCUT2D eigenvalue weighted by Gasteiger charge is 2.07. The summed E-state index contributed by atoms with van der Waals surface area (Å²) in [6.07, 6.45) is 0. The summed E-state index contributed by atoms with van der Waals surface area (Å²) in [5.74, 6) is -0.0573. The number of rotatable bonds is 4. The van der Waals surface area contributed by atoms with Crippen LogP contribution in [0.5, 0.6) is 0 Å². The lowest BCUT2D eigenvalue weighted by Crippen LogP contribution is -2.22. The van der Waals surface area contributed by atoms with E-state index in [1.807, 2.05) is 56.3 Å². The third kappa shape index (κ3) is 3.61. The number of halogens is 1. The Labute approximate surface area is 127 Å². The number of hydrogen-bond donors (Lipinski definition) is 2. The van der Waals surface area contributed by atoms with Crippen LogP contribution in [0, 0.1) is 13.8 Å². The van der Waals surface area contributed by atoms with Gasteiger partial charge in [-0.05, 0) is 53.0 Å². The van der Waals surface area contributed by atoms with Gasteiger partial charge in [0.15, 0.2) is 0 Å². The van der Waals surface area contributed by atoms with Crippen LogP contribution in [-0.2, 0) is 4.79 Å². The normalized spacial score (nSPS) is 10.2. The molecule has 3 nitrogen and oxygen atoms in total. The monoisotopic (exact) mass is 332 g/mol. The highest BCUT2D eigenvalue weighted by molar-refractivity contribution is 9.10. The van der Waals surface area contributed by atoms with Crippen molar-refractivity contribution in [1.29, 1.82) is 0 Å². The van der Waals surface area contributed by atoms with Gasteiger partial charge < -0.3 is 10.6 Å². The molecule has 0 unspecified atom stereocenters. The molecule has 0 fully saturated rings. The summed E-state index contributed by atoms with van der Waals surface area (Å²) in [4.78, 5) is 12.0. The Morgan fingerprint density at radius 3 is 2.35 bits per heavy atom. The predicted octanol–water partition coefficient (Wildman–Crippen LogP) is 4.12. The van der Waals surface area contributed by atoms with Gasteiger partial charge in [0, 0.05) is 15.8 Å². The Kier molecular flexibility index (Phi) is 4.79. The van der Waals surface area contributed by atoms with Crippen LogP contribution in [0.2, 0.25) is 0 Å². The number of carbonyl (C=O) groups excluding carboxylic acids is 1. The Morgan fingerprint density at radius 1 is 1.05 bits per heavy atom. The Bertz CT molecular complexity index is 605. The number of nitrogens with one attached hydrogen (secondary N) is 2. The maximum absolute atomic E-state index is 12.0. The van der Waals surface area contributed by atoms with E-state index < -0.39 is 0 Å². The molecule has 2 aromatic carbocycles. The number of anilines is 2. The lowest BCUT2D eigenvalue weighted by atomic mass is 10.1. The van der Waals surface area contributed by atoms with Gasteiger partial charge in [-0.1, -0.05) is 30.3 Å². The second-order valence-electron chi connectivity index (χ2n) is 4.65. The zero-order chi connectivity index (χ0) is 14.5. The summed E-state index contributed by atoms with van der Waals surface area (Å²) in [6.45, 7) is 4.21. The second kappa shape index (κ2) is 6.57. The molecule has 0 aliphatic heterocycles. The summed E-state index contributed by atoms with van der Waals surface area (Å²) >= 11 is 3.44. The van der Waals surface area contributed by atoms with Crippen LogP contribution in [0.4, 0.5) is 11.4 Å². The van der Waals surface area contributed by atoms with Crippen LogP contribution in [-0.4, -0.2) is 12.5 Å². The van der Waals surface area contributed by atoms with Crippen molar-refractivity contribution in [3.63, 3.8) is 0 Å². The van der Waals surface area contributed by atoms with Gasteiger partial charge in [0.05, 0.1) is 6.54 Å². The van der Waals surface area contributed by atoms with E-state index in [1.54, 1.807) is 0 Å². The number of amides is 1. The molecule has 0 atom stereocenters. The van der Waals surface area contributed by atoms with Gasteiger partial charge >= 0.3 is 0 Å². The molecule has 0 aromatic heterocycles. The molecule has 2 rings (SSSR count). The average Bonchev–Trinajstić information content (AvgIpc) is 2.42. The van der Waals surface area contributed by atoms with Crippen LogP contribution >= 0.6 is 15.9 Å². The standard InChI is InChI=1S/C16H17BrN2O/c1-11-6-5-7-12(2)16(11)19-15(20)10-18-14-9-4-3-8-13(14)17/h3-9,18H,10H2,1-2H3,(H,19,20). The first-order valence-electron chi connectivity index (χ1n) is 6.42. The molecule has 0 heterocycles. The van der Waals surface area contributed by atoms with Crippen LogP contribution in [0.1, 0.15) is 11.1 Å². The van der Waals surface area contributed by atoms with Crippen molar-refractivity contribution >= 4 is 33.2 Å². The highest BCUT2D eigenvalue weighted by Crippen LogP contribution is 2.21. The molecular weight excluding hydrogens is 316 g/mol. The van der Waals surface area contributed by atoms with Gasteiger partial charge in [0.25, 0.3) is 0 Å². The van der Waals surface area contributed by atoms with Crippen molar-refractivity contribution < 1.29 is 4.79 Å². The summed E-state index contributed by atoms with van der Waals surface area (Å²) in [5.41, 5.74) is 3.94. The maximum Gasteiger partial charge on any atom is 0.243 e. The van der Waals surface area contributed by atoms with Crippen LogP contribution < -0.4 is 10.6 Å². The van der Waals surface area contributed by atoms with Crippen molar-refractivity contribution in [2.24, 2.45) is 0 Å². The molecule has 2 N–H and O–H groups in total. The second-order valence-corrected chi connectivity index (χ2v) is 5.50. The largest absolute Gasteiger partial charge is 0.375 e. The number of para-hydroxylation sites is 2. The third-order valence-electron chi connectivity index (χ3n) is 3.06. The quantitative estimate of drug-likeness (QED) is 0.884. The SMILES string of the molecule is Cc1cccc(C)c1NC(=O)CNc1ccccc1Br. The molecule has 0 saturated heterocycles. The minimum absolute atomic E-state index is 0.0573. The molecule has 0 aliphatic carbocycles. The molecule has 0 saturated carbocycles. The Hall–Kier alpha value is -1.81. The van der Waals surface area contributed by atoms with Crippen LogP contribution in [0.15, 0.2) is 46.9 Å². The number of aryl methyl sites for hydroxylation is 2. The average molecular weight is 333 g/mol. The first-order valence-corrected chi connectivity index (χ1v) is 7.21. The first-order chi connectivity index (χ1) is 9.58. The van der Waals surface area contributed by atoms with Gasteiger partial charge in [-0.3, -0.25) is 4.79 Å². The van der Waals surface area contributed by atoms with E-state index in [1.165, 1.54) is 0 Å². The minimum atomic E-state index is -0.0573. The third-order valence-corrected chi connectivity index (χ3v) is 3.75. The van der Waals surface area contributed by atoms with Crippen molar-refractivity contribution in [2.75, 3.05) is 17.2 Å². The molecule has 0 bridgehead atoms. The van der Waals surface area contributed by atoms with E-state index in [0.29, 0.717) is 0 Å². The molecule has 20 heavy (non-hydrogen) atoms. The molecule has 0 spiro atoms. The first kappa shape index (κ1) is 14.6. The fraction of sp³-hybridized carbons (Fsp3) is 0.188. The molecule has 1 amide bonds. The van der Waals surface area contributed by atoms with Crippen LogP contribution in [0.25, 0.3) is 0 Å². The minimum Gasteiger partial charge on any atom is -0.375 e. The molecule has 104 valence electrons. The number of benzene rings is 2. The number of hydrogen-bond acceptors (Lipinski definition) is 2. The van der Waals surface area contributed by atoms with E-state index >= 15 is 0 Å². The molecule has 4 heteroatoms. The van der Waals surface area contributed by atoms with E-state index in [2.05, 4.69) is 26.6 Å². The zero-order valence-corrected chi connectivity index (χ0v) is 13.1. The zero-order valence-electron chi connectivity index (χ0n) is 11.5. The van der Waals surface area contributed by atoms with Crippen molar-refractivity contribution in [2.45, 2.75) is 13.8 Å². The van der Waals surface area contributed by atoms with Crippen molar-refractivity contribution in [3.05, 3.63) is 58.1 Å².